The Morgan fingerprint density at radius 3 is 2.62 bits per heavy atom. The summed E-state index contributed by atoms with van der Waals surface area (Å²) in [5, 5.41) is 0.902. The maximum Gasteiger partial charge on any atom is 0.339 e. The van der Waals surface area contributed by atoms with Crippen LogP contribution in [0.1, 0.15) is 25.0 Å². The molecular formula is C21H20O3. The average Bonchev–Trinajstić information content (AvgIpc) is 2.59. The zero-order chi connectivity index (χ0) is 16.9. The Bertz CT molecular complexity index is 917. The molecule has 1 heterocycles. The highest BCUT2D eigenvalue weighted by Gasteiger charge is 2.06. The van der Waals surface area contributed by atoms with Crippen LogP contribution in [0, 0.1) is 0 Å². The first-order valence-corrected chi connectivity index (χ1v) is 7.99. The molecule has 3 rings (SSSR count). The number of ether oxygens (including phenoxy) is 1. The predicted octanol–water partition coefficient (Wildman–Crippen LogP) is 4.88. The summed E-state index contributed by atoms with van der Waals surface area (Å²) in [6.07, 6.45) is 2.61. The molecule has 24 heavy (non-hydrogen) atoms. The van der Waals surface area contributed by atoms with Crippen LogP contribution >= 0.6 is 0 Å². The van der Waals surface area contributed by atoms with Gasteiger partial charge in [0.15, 0.2) is 0 Å². The molecular weight excluding hydrogens is 300 g/mol. The van der Waals surface area contributed by atoms with E-state index in [1.54, 1.807) is 6.07 Å². The zero-order valence-corrected chi connectivity index (χ0v) is 13.9. The molecule has 122 valence electrons. The predicted molar refractivity (Wildman–Crippen MR) is 96.4 cm³/mol. The first-order chi connectivity index (χ1) is 11.6. The first kappa shape index (κ1) is 16.1. The van der Waals surface area contributed by atoms with E-state index in [9.17, 15) is 4.79 Å². The van der Waals surface area contributed by atoms with Crippen LogP contribution in [0.4, 0.5) is 0 Å². The Hall–Kier alpha value is -2.81. The van der Waals surface area contributed by atoms with Crippen LogP contribution < -0.4 is 10.4 Å². The van der Waals surface area contributed by atoms with Gasteiger partial charge in [-0.2, -0.15) is 0 Å². The molecule has 0 aliphatic rings. The Morgan fingerprint density at radius 1 is 1.08 bits per heavy atom. The number of fused-ring (bicyclic) bond motifs is 1. The molecule has 3 aromatic rings. The van der Waals surface area contributed by atoms with Gasteiger partial charge in [0.05, 0.1) is 0 Å². The molecule has 0 radical (unpaired) electrons. The third-order valence-electron chi connectivity index (χ3n) is 3.76. The van der Waals surface area contributed by atoms with Crippen molar-refractivity contribution in [1.82, 2.24) is 0 Å². The normalized spacial score (nSPS) is 10.6. The molecule has 3 nitrogen and oxygen atoms in total. The summed E-state index contributed by atoms with van der Waals surface area (Å²) < 4.78 is 11.2. The highest BCUT2D eigenvalue weighted by atomic mass is 16.5. The van der Waals surface area contributed by atoms with Crippen molar-refractivity contribution in [3.63, 3.8) is 0 Å². The highest BCUT2D eigenvalue weighted by molar-refractivity contribution is 5.78. The third-order valence-corrected chi connectivity index (χ3v) is 3.76. The second-order valence-electron chi connectivity index (χ2n) is 6.02. The molecule has 0 fully saturated rings. The fourth-order valence-corrected chi connectivity index (χ4v) is 2.42. The van der Waals surface area contributed by atoms with Crippen molar-refractivity contribution in [3.8, 4) is 5.75 Å². The molecule has 0 amide bonds. The van der Waals surface area contributed by atoms with Crippen LogP contribution in [0.25, 0.3) is 11.0 Å². The second-order valence-corrected chi connectivity index (χ2v) is 6.02. The number of rotatable bonds is 5. The molecule has 2 aromatic carbocycles. The van der Waals surface area contributed by atoms with E-state index in [0.717, 1.165) is 10.9 Å². The lowest BCUT2D eigenvalue weighted by atomic mass is 10.1. The minimum absolute atomic E-state index is 0.291. The largest absolute Gasteiger partial charge is 0.489 e. The van der Waals surface area contributed by atoms with Gasteiger partial charge < -0.3 is 9.15 Å². The van der Waals surface area contributed by atoms with Crippen molar-refractivity contribution < 1.29 is 9.15 Å². The van der Waals surface area contributed by atoms with E-state index < -0.39 is 0 Å². The van der Waals surface area contributed by atoms with E-state index in [2.05, 4.69) is 0 Å². The van der Waals surface area contributed by atoms with Crippen LogP contribution in [0.5, 0.6) is 5.75 Å². The van der Waals surface area contributed by atoms with E-state index in [4.69, 9.17) is 9.15 Å². The van der Waals surface area contributed by atoms with Gasteiger partial charge in [0.1, 0.15) is 17.9 Å². The van der Waals surface area contributed by atoms with E-state index in [-0.39, 0.29) is 5.63 Å². The lowest BCUT2D eigenvalue weighted by Gasteiger charge is -2.07. The maximum absolute atomic E-state index is 12.1. The van der Waals surface area contributed by atoms with Gasteiger partial charge in [-0.05, 0) is 44.0 Å². The second kappa shape index (κ2) is 7.18. The van der Waals surface area contributed by atoms with Crippen LogP contribution in [-0.2, 0) is 13.0 Å². The monoisotopic (exact) mass is 320 g/mol. The molecule has 1 aromatic heterocycles. The quantitative estimate of drug-likeness (QED) is 0.497. The van der Waals surface area contributed by atoms with Gasteiger partial charge in [-0.3, -0.25) is 0 Å². The Kier molecular flexibility index (Phi) is 4.80. The summed E-state index contributed by atoms with van der Waals surface area (Å²) in [6.45, 7) is 4.51. The van der Waals surface area contributed by atoms with Crippen LogP contribution in [0.2, 0.25) is 0 Å². The maximum atomic E-state index is 12.1. The van der Waals surface area contributed by atoms with E-state index in [0.29, 0.717) is 29.9 Å². The molecule has 0 aliphatic heterocycles. The molecule has 0 saturated heterocycles. The summed E-state index contributed by atoms with van der Waals surface area (Å²) in [4.78, 5) is 12.1. The Morgan fingerprint density at radius 2 is 1.88 bits per heavy atom. The van der Waals surface area contributed by atoms with Crippen molar-refractivity contribution in [3.05, 3.63) is 87.8 Å². The molecule has 0 unspecified atom stereocenters. The smallest absolute Gasteiger partial charge is 0.339 e. The van der Waals surface area contributed by atoms with Crippen molar-refractivity contribution in [2.45, 2.75) is 26.9 Å². The average molecular weight is 320 g/mol. The lowest BCUT2D eigenvalue weighted by Crippen LogP contribution is -2.06. The standard InChI is InChI=1S/C21H20O3/c1-15(2)8-9-18-12-17-10-11-19(13-20(17)24-21(18)22)23-14-16-6-4-3-5-7-16/h3-8,10-13H,9,14H2,1-2H3. The summed E-state index contributed by atoms with van der Waals surface area (Å²) in [5.74, 6) is 0.687. The molecule has 0 saturated carbocycles. The van der Waals surface area contributed by atoms with Crippen molar-refractivity contribution in [2.75, 3.05) is 0 Å². The summed E-state index contributed by atoms with van der Waals surface area (Å²) in [7, 11) is 0. The molecule has 0 aliphatic carbocycles. The van der Waals surface area contributed by atoms with Gasteiger partial charge >= 0.3 is 5.63 Å². The topological polar surface area (TPSA) is 39.4 Å². The zero-order valence-electron chi connectivity index (χ0n) is 13.9. The number of allylic oxidation sites excluding steroid dienone is 2. The summed E-state index contributed by atoms with van der Waals surface area (Å²) in [5.41, 5.74) is 3.20. The number of benzene rings is 2. The molecule has 3 heteroatoms. The summed E-state index contributed by atoms with van der Waals surface area (Å²) in [6, 6.07) is 17.4. The Balaban J connectivity index is 1.82. The fourth-order valence-electron chi connectivity index (χ4n) is 2.42. The van der Waals surface area contributed by atoms with Crippen LogP contribution in [0.15, 0.2) is 75.5 Å². The van der Waals surface area contributed by atoms with Gasteiger partial charge in [-0.1, -0.05) is 42.0 Å². The van der Waals surface area contributed by atoms with Gasteiger partial charge in [0.2, 0.25) is 0 Å². The van der Waals surface area contributed by atoms with Crippen molar-refractivity contribution in [1.29, 1.82) is 0 Å². The first-order valence-electron chi connectivity index (χ1n) is 7.99. The SMILES string of the molecule is CC(C)=CCc1cc2ccc(OCc3ccccc3)cc2oc1=O. The Labute approximate surface area is 141 Å². The number of hydrogen-bond acceptors (Lipinski definition) is 3. The van der Waals surface area contributed by atoms with Crippen LogP contribution in [0.3, 0.4) is 0 Å². The fraction of sp³-hybridized carbons (Fsp3) is 0.190. The molecule has 0 atom stereocenters. The molecule has 0 spiro atoms. The molecule has 0 bridgehead atoms. The van der Waals surface area contributed by atoms with E-state index >= 15 is 0 Å². The van der Waals surface area contributed by atoms with Gasteiger partial charge in [-0.15, -0.1) is 0 Å². The van der Waals surface area contributed by atoms with E-state index in [1.165, 1.54) is 5.57 Å². The van der Waals surface area contributed by atoms with Gasteiger partial charge in [0.25, 0.3) is 0 Å². The molecule has 0 N–H and O–H groups in total. The minimum atomic E-state index is -0.291. The lowest BCUT2D eigenvalue weighted by molar-refractivity contribution is 0.306. The minimum Gasteiger partial charge on any atom is -0.489 e. The van der Waals surface area contributed by atoms with Crippen LogP contribution in [-0.4, -0.2) is 0 Å². The van der Waals surface area contributed by atoms with Crippen molar-refractivity contribution in [2.24, 2.45) is 0 Å². The van der Waals surface area contributed by atoms with E-state index in [1.807, 2.05) is 68.5 Å². The van der Waals surface area contributed by atoms with Crippen molar-refractivity contribution >= 4 is 11.0 Å². The summed E-state index contributed by atoms with van der Waals surface area (Å²) >= 11 is 0. The van der Waals surface area contributed by atoms with Gasteiger partial charge in [-0.25, -0.2) is 4.79 Å². The highest BCUT2D eigenvalue weighted by Crippen LogP contribution is 2.21. The van der Waals surface area contributed by atoms with Gasteiger partial charge in [0, 0.05) is 17.0 Å². The third kappa shape index (κ3) is 3.93. The number of hydrogen-bond donors (Lipinski definition) is 0.